The van der Waals surface area contributed by atoms with Crippen LogP contribution in [-0.4, -0.2) is 108 Å². The molecule has 0 radical (unpaired) electrons. The number of H-pyrrole nitrogens is 1. The predicted octanol–water partition coefficient (Wildman–Crippen LogP) is 5.54. The molecular weight excluding hydrogens is 864 g/mol. The minimum Gasteiger partial charge on any atom is -0.479 e. The molecule has 4 aromatic carbocycles. The highest BCUT2D eigenvalue weighted by atomic mass is 19.4. The summed E-state index contributed by atoms with van der Waals surface area (Å²) in [5.74, 6) is -5.71. The number of aromatic amines is 1. The molecule has 0 saturated carbocycles. The number of likely N-dealkylation sites (tertiary alicyclic amines) is 1. The highest BCUT2D eigenvalue weighted by molar-refractivity contribution is 5.88. The zero-order valence-corrected chi connectivity index (χ0v) is 35.4. The Morgan fingerprint density at radius 1 is 0.831 bits per heavy atom. The number of hydrogen-bond donors (Lipinski definition) is 5. The molecule has 1 amide bonds. The smallest absolute Gasteiger partial charge is 0.416 e. The molecule has 5 aromatic rings. The van der Waals surface area contributed by atoms with Gasteiger partial charge in [0.15, 0.2) is 23.8 Å². The van der Waals surface area contributed by atoms with E-state index in [1.165, 1.54) is 31.4 Å². The lowest BCUT2D eigenvalue weighted by Crippen LogP contribution is -2.56. The van der Waals surface area contributed by atoms with E-state index in [9.17, 15) is 45.9 Å². The summed E-state index contributed by atoms with van der Waals surface area (Å²) in [6, 6.07) is 21.1. The van der Waals surface area contributed by atoms with Gasteiger partial charge in [0.25, 0.3) is 5.56 Å². The summed E-state index contributed by atoms with van der Waals surface area (Å²) in [5, 5.41) is 32.8. The Morgan fingerprint density at radius 2 is 1.38 bits per heavy atom. The normalized spacial score (nSPS) is 14.5. The number of carbonyl (C=O) groups is 4. The molecule has 0 bridgehead atoms. The molecule has 6 rings (SSSR count). The van der Waals surface area contributed by atoms with Gasteiger partial charge < -0.3 is 35.0 Å². The number of aryl methyl sites for hydroxylation is 2. The standard InChI is InChI=1S/C42H41F5N4O4.C4H6O6/c1-41(2,40(54)55-3)50-22-20-32(21-23-50)51(25-26-10-12-27(13-11-26)28-14-17-31(18-15-28)42(45,46)47)36(52)24-30-7-5-9-34-37(30)39(53)49-35(48-34)19-16-29-6-4-8-33(43)38(29)44;5-1(3(7)8)2(6)4(9)10/h4-15,17-18,32H,16,19-25H2,1-3H3,(H,48,49,53);1-2,5-6H,(H,7,8)(H,9,10). The largest absolute Gasteiger partial charge is 0.479 e. The van der Waals surface area contributed by atoms with Crippen molar-refractivity contribution in [3.63, 3.8) is 0 Å². The van der Waals surface area contributed by atoms with Crippen molar-refractivity contribution < 1.29 is 66.3 Å². The van der Waals surface area contributed by atoms with Crippen LogP contribution in [0.15, 0.2) is 89.7 Å². The van der Waals surface area contributed by atoms with E-state index in [0.29, 0.717) is 48.4 Å². The molecule has 1 aliphatic heterocycles. The molecule has 14 nitrogen and oxygen atoms in total. The lowest BCUT2D eigenvalue weighted by atomic mass is 9.94. The van der Waals surface area contributed by atoms with Crippen LogP contribution >= 0.6 is 0 Å². The van der Waals surface area contributed by atoms with E-state index in [0.717, 1.165) is 29.3 Å². The van der Waals surface area contributed by atoms with Crippen LogP contribution in [0.3, 0.4) is 0 Å². The monoisotopic (exact) mass is 910 g/mol. The van der Waals surface area contributed by atoms with Crippen molar-refractivity contribution in [2.45, 2.75) is 82.5 Å². The number of carbonyl (C=O) groups excluding carboxylic acids is 2. The molecule has 2 unspecified atom stereocenters. The zero-order chi connectivity index (χ0) is 47.8. The number of carboxylic acids is 2. The van der Waals surface area contributed by atoms with Crippen molar-refractivity contribution >= 4 is 34.7 Å². The Morgan fingerprint density at radius 3 is 1.94 bits per heavy atom. The van der Waals surface area contributed by atoms with E-state index >= 15 is 0 Å². The van der Waals surface area contributed by atoms with Crippen LogP contribution in [-0.2, 0) is 55.9 Å². The maximum Gasteiger partial charge on any atom is 0.416 e. The average molecular weight is 911 g/mol. The molecule has 5 N–H and O–H groups in total. The number of aliphatic hydroxyl groups is 2. The second-order valence-corrected chi connectivity index (χ2v) is 15.8. The van der Waals surface area contributed by atoms with Crippen molar-refractivity contribution in [2.24, 2.45) is 0 Å². The van der Waals surface area contributed by atoms with Gasteiger partial charge in [-0.25, -0.2) is 18.4 Å². The van der Waals surface area contributed by atoms with Gasteiger partial charge in [-0.3, -0.25) is 19.3 Å². The number of amides is 1. The Bertz CT molecular complexity index is 2540. The third kappa shape index (κ3) is 12.2. The summed E-state index contributed by atoms with van der Waals surface area (Å²) in [5.41, 5.74) is 1.11. The molecule has 1 saturated heterocycles. The van der Waals surface area contributed by atoms with Gasteiger partial charge in [-0.05, 0) is 85.2 Å². The van der Waals surface area contributed by atoms with Crippen LogP contribution in [0.1, 0.15) is 54.8 Å². The summed E-state index contributed by atoms with van der Waals surface area (Å²) < 4.78 is 72.3. The van der Waals surface area contributed by atoms with Crippen LogP contribution in [0.4, 0.5) is 22.0 Å². The molecule has 0 aliphatic carbocycles. The summed E-state index contributed by atoms with van der Waals surface area (Å²) in [6.07, 6.45) is -7.65. The molecule has 65 heavy (non-hydrogen) atoms. The first-order valence-electron chi connectivity index (χ1n) is 20.3. The minimum atomic E-state index is -4.43. The summed E-state index contributed by atoms with van der Waals surface area (Å²) in [7, 11) is 1.35. The van der Waals surface area contributed by atoms with Crippen molar-refractivity contribution in [1.29, 1.82) is 0 Å². The highest BCUT2D eigenvalue weighted by Crippen LogP contribution is 2.32. The fourth-order valence-electron chi connectivity index (χ4n) is 7.50. The van der Waals surface area contributed by atoms with E-state index < -0.39 is 58.6 Å². The molecule has 2 atom stereocenters. The summed E-state index contributed by atoms with van der Waals surface area (Å²) >= 11 is 0. The first kappa shape index (κ1) is 49.4. The third-order valence-electron chi connectivity index (χ3n) is 11.2. The van der Waals surface area contributed by atoms with Gasteiger partial charge in [0.2, 0.25) is 5.91 Å². The number of nitrogens with one attached hydrogen (secondary N) is 1. The Labute approximate surface area is 368 Å². The van der Waals surface area contributed by atoms with Gasteiger partial charge in [0.1, 0.15) is 11.4 Å². The molecule has 2 heterocycles. The van der Waals surface area contributed by atoms with Gasteiger partial charge >= 0.3 is 24.1 Å². The molecule has 0 spiro atoms. The van der Waals surface area contributed by atoms with Gasteiger partial charge in [0.05, 0.1) is 30.0 Å². The minimum absolute atomic E-state index is 0.104. The van der Waals surface area contributed by atoms with E-state index in [1.807, 2.05) is 17.0 Å². The number of nitrogens with zero attached hydrogens (tertiary/aromatic N) is 3. The van der Waals surface area contributed by atoms with Crippen molar-refractivity contribution in [3.05, 3.63) is 135 Å². The Balaban J connectivity index is 0.000000709. The Hall–Kier alpha value is -6.57. The fourth-order valence-corrected chi connectivity index (χ4v) is 7.50. The number of ether oxygens (including phenoxy) is 1. The molecule has 346 valence electrons. The molecule has 1 aromatic heterocycles. The van der Waals surface area contributed by atoms with Crippen LogP contribution in [0.5, 0.6) is 0 Å². The number of methoxy groups -OCH3 is 1. The van der Waals surface area contributed by atoms with Gasteiger partial charge in [0, 0.05) is 32.1 Å². The van der Waals surface area contributed by atoms with E-state index in [-0.39, 0.29) is 54.7 Å². The lowest BCUT2D eigenvalue weighted by molar-refractivity contribution is -0.165. The first-order valence-corrected chi connectivity index (χ1v) is 20.3. The Kier molecular flexibility index (Phi) is 15.9. The van der Waals surface area contributed by atoms with E-state index in [2.05, 4.69) is 9.97 Å². The van der Waals surface area contributed by atoms with Gasteiger partial charge in [-0.1, -0.05) is 60.7 Å². The maximum atomic E-state index is 14.3. The van der Waals surface area contributed by atoms with Crippen LogP contribution in [0.2, 0.25) is 0 Å². The summed E-state index contributed by atoms with van der Waals surface area (Å²) in [4.78, 5) is 71.0. The fraction of sp³-hybridized carbons (Fsp3) is 0.348. The van der Waals surface area contributed by atoms with Gasteiger partial charge in [-0.2, -0.15) is 18.2 Å². The van der Waals surface area contributed by atoms with Crippen LogP contribution < -0.4 is 5.56 Å². The lowest BCUT2D eigenvalue weighted by Gasteiger charge is -2.44. The number of hydrogen-bond acceptors (Lipinski definition) is 10. The molecule has 1 aliphatic rings. The van der Waals surface area contributed by atoms with Crippen molar-refractivity contribution in [1.82, 2.24) is 19.8 Å². The number of fused-ring (bicyclic) bond motifs is 1. The van der Waals surface area contributed by atoms with Crippen molar-refractivity contribution in [3.8, 4) is 11.1 Å². The maximum absolute atomic E-state index is 14.3. The third-order valence-corrected chi connectivity index (χ3v) is 11.2. The van der Waals surface area contributed by atoms with Crippen LogP contribution in [0.25, 0.3) is 22.0 Å². The number of halogens is 5. The molecular formula is C46H47F5N4O10. The second kappa shape index (κ2) is 21.0. The predicted molar refractivity (Wildman–Crippen MR) is 225 cm³/mol. The highest BCUT2D eigenvalue weighted by Gasteiger charge is 2.39. The number of aliphatic hydroxyl groups excluding tert-OH is 2. The number of benzene rings is 4. The number of rotatable bonds is 14. The van der Waals surface area contributed by atoms with E-state index in [1.54, 1.807) is 49.1 Å². The van der Waals surface area contributed by atoms with E-state index in [4.69, 9.17) is 25.2 Å². The summed E-state index contributed by atoms with van der Waals surface area (Å²) in [6.45, 7) is 4.90. The number of aliphatic carboxylic acids is 2. The van der Waals surface area contributed by atoms with Crippen molar-refractivity contribution in [2.75, 3.05) is 20.2 Å². The SMILES string of the molecule is COC(=O)C(C)(C)N1CCC(N(Cc2ccc(-c3ccc(C(F)(F)F)cc3)cc2)C(=O)Cc2cccc3[nH]c(CCc4cccc(F)c4F)nc(=O)c23)CC1.O=C(O)C(O)C(O)C(=O)O. The molecule has 1 fully saturated rings. The van der Waals surface area contributed by atoms with Gasteiger partial charge in [-0.15, -0.1) is 0 Å². The quantitative estimate of drug-likeness (QED) is 0.0688. The molecule has 19 heteroatoms. The number of carboxylic acid groups (broad SMARTS) is 2. The number of aromatic nitrogens is 2. The number of esters is 1. The number of piperidine rings is 1. The second-order valence-electron chi connectivity index (χ2n) is 15.8. The average Bonchev–Trinajstić information content (AvgIpc) is 3.28. The van der Waals surface area contributed by atoms with Crippen LogP contribution in [0, 0.1) is 11.6 Å². The number of alkyl halides is 3. The topological polar surface area (TPSA) is 211 Å². The zero-order valence-electron chi connectivity index (χ0n) is 35.4. The first-order chi connectivity index (χ1) is 30.6.